The van der Waals surface area contributed by atoms with E-state index < -0.39 is 5.54 Å². The first-order valence-corrected chi connectivity index (χ1v) is 3.81. The van der Waals surface area contributed by atoms with Gasteiger partial charge in [-0.05, 0) is 13.3 Å². The van der Waals surface area contributed by atoms with Crippen LogP contribution in [0.25, 0.3) is 0 Å². The van der Waals surface area contributed by atoms with Crippen LogP contribution >= 0.6 is 0 Å². The normalized spacial score (nSPS) is 38.2. The van der Waals surface area contributed by atoms with E-state index in [1.807, 2.05) is 19.1 Å². The zero-order valence-electron chi connectivity index (χ0n) is 6.71. The van der Waals surface area contributed by atoms with Crippen molar-refractivity contribution < 1.29 is 4.79 Å². The SMILES string of the molecule is C[C@H]1C=CC[C@@](N)(C=O)CN1. The quantitative estimate of drug-likeness (QED) is 0.407. The lowest BCUT2D eigenvalue weighted by molar-refractivity contribution is -0.112. The van der Waals surface area contributed by atoms with Gasteiger partial charge in [0.25, 0.3) is 0 Å². The van der Waals surface area contributed by atoms with Crippen molar-refractivity contribution in [3.05, 3.63) is 12.2 Å². The van der Waals surface area contributed by atoms with Gasteiger partial charge in [0, 0.05) is 12.6 Å². The standard InChI is InChI=1S/C8H14N2O/c1-7-3-2-4-8(9,6-11)5-10-7/h2-3,6-7,10H,4-5,9H2,1H3/t7-,8-/m0/s1. The van der Waals surface area contributed by atoms with E-state index in [0.717, 1.165) is 6.29 Å². The maximum atomic E-state index is 10.5. The number of carbonyl (C=O) groups is 1. The van der Waals surface area contributed by atoms with E-state index in [-0.39, 0.29) is 0 Å². The van der Waals surface area contributed by atoms with Crippen molar-refractivity contribution in [2.75, 3.05) is 6.54 Å². The van der Waals surface area contributed by atoms with Gasteiger partial charge < -0.3 is 15.8 Å². The molecule has 0 spiro atoms. The van der Waals surface area contributed by atoms with Crippen LogP contribution in [-0.2, 0) is 4.79 Å². The Morgan fingerprint density at radius 1 is 1.82 bits per heavy atom. The van der Waals surface area contributed by atoms with Gasteiger partial charge in [-0.15, -0.1) is 0 Å². The summed E-state index contributed by atoms with van der Waals surface area (Å²) in [7, 11) is 0. The average molecular weight is 154 g/mol. The van der Waals surface area contributed by atoms with E-state index in [0.29, 0.717) is 19.0 Å². The number of hydrogen-bond acceptors (Lipinski definition) is 3. The summed E-state index contributed by atoms with van der Waals surface area (Å²) in [5.74, 6) is 0. The first-order valence-electron chi connectivity index (χ1n) is 3.81. The van der Waals surface area contributed by atoms with Crippen LogP contribution in [0.5, 0.6) is 0 Å². The number of nitrogens with one attached hydrogen (secondary N) is 1. The zero-order chi connectivity index (χ0) is 8.32. The van der Waals surface area contributed by atoms with Crippen molar-refractivity contribution in [1.82, 2.24) is 5.32 Å². The summed E-state index contributed by atoms with van der Waals surface area (Å²) in [6, 6.07) is 0.320. The molecule has 0 saturated heterocycles. The molecule has 0 fully saturated rings. The molecule has 3 heteroatoms. The second-order valence-corrected chi connectivity index (χ2v) is 3.15. The summed E-state index contributed by atoms with van der Waals surface area (Å²) in [5, 5.41) is 3.14. The maximum absolute atomic E-state index is 10.5. The predicted octanol–water partition coefficient (Wildman–Crippen LogP) is -0.179. The Balaban J connectivity index is 2.62. The molecule has 0 saturated carbocycles. The summed E-state index contributed by atoms with van der Waals surface area (Å²) in [5.41, 5.74) is 5.05. The van der Waals surface area contributed by atoms with E-state index in [2.05, 4.69) is 5.32 Å². The van der Waals surface area contributed by atoms with Gasteiger partial charge in [-0.2, -0.15) is 0 Å². The van der Waals surface area contributed by atoms with Gasteiger partial charge in [-0.25, -0.2) is 0 Å². The van der Waals surface area contributed by atoms with Crippen LogP contribution in [-0.4, -0.2) is 24.4 Å². The fraction of sp³-hybridized carbons (Fsp3) is 0.625. The van der Waals surface area contributed by atoms with Crippen molar-refractivity contribution >= 4 is 6.29 Å². The molecule has 0 aromatic rings. The number of rotatable bonds is 1. The second kappa shape index (κ2) is 3.15. The first-order chi connectivity index (χ1) is 5.16. The molecule has 0 bridgehead atoms. The molecular weight excluding hydrogens is 140 g/mol. The van der Waals surface area contributed by atoms with Gasteiger partial charge in [-0.3, -0.25) is 0 Å². The van der Waals surface area contributed by atoms with Crippen LogP contribution in [0.4, 0.5) is 0 Å². The highest BCUT2D eigenvalue weighted by Gasteiger charge is 2.24. The predicted molar refractivity (Wildman–Crippen MR) is 44.2 cm³/mol. The van der Waals surface area contributed by atoms with Crippen molar-refractivity contribution in [2.45, 2.75) is 24.9 Å². The fourth-order valence-electron chi connectivity index (χ4n) is 1.07. The van der Waals surface area contributed by atoms with E-state index >= 15 is 0 Å². The van der Waals surface area contributed by atoms with Crippen LogP contribution < -0.4 is 11.1 Å². The van der Waals surface area contributed by atoms with E-state index in [4.69, 9.17) is 5.73 Å². The first kappa shape index (κ1) is 8.43. The molecule has 0 aromatic carbocycles. The van der Waals surface area contributed by atoms with Crippen LogP contribution in [0.15, 0.2) is 12.2 Å². The maximum Gasteiger partial charge on any atom is 0.141 e. The molecule has 1 heterocycles. The van der Waals surface area contributed by atoms with Gasteiger partial charge in [0.2, 0.25) is 0 Å². The summed E-state index contributed by atoms with van der Waals surface area (Å²) >= 11 is 0. The van der Waals surface area contributed by atoms with Crippen molar-refractivity contribution in [2.24, 2.45) is 5.73 Å². The molecule has 62 valence electrons. The van der Waals surface area contributed by atoms with E-state index in [1.54, 1.807) is 0 Å². The Morgan fingerprint density at radius 3 is 3.18 bits per heavy atom. The second-order valence-electron chi connectivity index (χ2n) is 3.15. The van der Waals surface area contributed by atoms with Gasteiger partial charge in [0.05, 0.1) is 5.54 Å². The van der Waals surface area contributed by atoms with Gasteiger partial charge in [-0.1, -0.05) is 12.2 Å². The van der Waals surface area contributed by atoms with E-state index in [1.165, 1.54) is 0 Å². The number of nitrogens with two attached hydrogens (primary N) is 1. The molecule has 0 aliphatic carbocycles. The molecule has 0 unspecified atom stereocenters. The Hall–Kier alpha value is -0.670. The van der Waals surface area contributed by atoms with Gasteiger partial charge >= 0.3 is 0 Å². The molecular formula is C8H14N2O. The molecule has 0 aromatic heterocycles. The minimum Gasteiger partial charge on any atom is -0.318 e. The van der Waals surface area contributed by atoms with Crippen LogP contribution in [0.3, 0.4) is 0 Å². The third-order valence-corrected chi connectivity index (χ3v) is 1.91. The summed E-state index contributed by atoms with van der Waals surface area (Å²) in [4.78, 5) is 10.5. The molecule has 1 aliphatic heterocycles. The van der Waals surface area contributed by atoms with Crippen molar-refractivity contribution in [3.63, 3.8) is 0 Å². The highest BCUT2D eigenvalue weighted by Crippen LogP contribution is 2.07. The lowest BCUT2D eigenvalue weighted by atomic mass is 9.99. The topological polar surface area (TPSA) is 55.1 Å². The highest BCUT2D eigenvalue weighted by atomic mass is 16.1. The third kappa shape index (κ3) is 2.13. The van der Waals surface area contributed by atoms with Crippen molar-refractivity contribution in [3.8, 4) is 0 Å². The number of carbonyl (C=O) groups excluding carboxylic acids is 1. The Kier molecular flexibility index (Phi) is 2.42. The van der Waals surface area contributed by atoms with Crippen LogP contribution in [0.1, 0.15) is 13.3 Å². The van der Waals surface area contributed by atoms with E-state index in [9.17, 15) is 4.79 Å². The molecule has 1 rings (SSSR count). The Morgan fingerprint density at radius 2 is 2.55 bits per heavy atom. The average Bonchev–Trinajstić information content (AvgIpc) is 2.15. The molecule has 3 N–H and O–H groups in total. The molecule has 0 amide bonds. The smallest absolute Gasteiger partial charge is 0.141 e. The molecule has 2 atom stereocenters. The lowest BCUT2D eigenvalue weighted by Crippen LogP contribution is -2.50. The van der Waals surface area contributed by atoms with Gasteiger partial charge in [0.1, 0.15) is 6.29 Å². The molecule has 3 nitrogen and oxygen atoms in total. The third-order valence-electron chi connectivity index (χ3n) is 1.91. The Labute approximate surface area is 66.6 Å². The minimum atomic E-state index is -0.693. The summed E-state index contributed by atoms with van der Waals surface area (Å²) < 4.78 is 0. The molecule has 11 heavy (non-hydrogen) atoms. The van der Waals surface area contributed by atoms with Crippen LogP contribution in [0.2, 0.25) is 0 Å². The van der Waals surface area contributed by atoms with Crippen molar-refractivity contribution in [1.29, 1.82) is 0 Å². The Bertz CT molecular complexity index is 179. The number of aldehydes is 1. The fourth-order valence-corrected chi connectivity index (χ4v) is 1.07. The highest BCUT2D eigenvalue weighted by molar-refractivity contribution is 5.64. The monoisotopic (exact) mass is 154 g/mol. The molecule has 0 radical (unpaired) electrons. The number of hydrogen-bond donors (Lipinski definition) is 2. The summed E-state index contributed by atoms with van der Waals surface area (Å²) in [6.07, 6.45) is 5.44. The van der Waals surface area contributed by atoms with Crippen LogP contribution in [0, 0.1) is 0 Å². The van der Waals surface area contributed by atoms with Gasteiger partial charge in [0.15, 0.2) is 0 Å². The largest absolute Gasteiger partial charge is 0.318 e. The minimum absolute atomic E-state index is 0.320. The molecule has 1 aliphatic rings. The summed E-state index contributed by atoms with van der Waals surface area (Å²) in [6.45, 7) is 2.59. The zero-order valence-corrected chi connectivity index (χ0v) is 6.71. The lowest BCUT2D eigenvalue weighted by Gasteiger charge is -2.20.